The Balaban J connectivity index is 0.00000243. The molecule has 1 aliphatic carbocycles. The van der Waals surface area contributed by atoms with Gasteiger partial charge >= 0.3 is 5.97 Å². The van der Waals surface area contributed by atoms with Crippen LogP contribution in [0.3, 0.4) is 0 Å². The van der Waals surface area contributed by atoms with Gasteiger partial charge in [0.1, 0.15) is 24.6 Å². The smallest absolute Gasteiger partial charge is 0.367 e. The number of benzene rings is 1. The fourth-order valence-electron chi connectivity index (χ4n) is 3.35. The highest BCUT2D eigenvalue weighted by Gasteiger charge is 2.38. The van der Waals surface area contributed by atoms with Gasteiger partial charge in [-0.15, -0.1) is 0 Å². The average molecular weight is 386 g/mol. The molecule has 3 rings (SSSR count). The molecule has 1 heterocycles. The molecule has 4 atom stereocenters. The Kier molecular flexibility index (Phi) is 8.15. The van der Waals surface area contributed by atoms with Crippen LogP contribution in [0, 0.1) is 0 Å². The van der Waals surface area contributed by atoms with Crippen LogP contribution in [-0.4, -0.2) is 49.6 Å². The molecule has 1 aromatic rings. The molecule has 0 amide bonds. The van der Waals surface area contributed by atoms with E-state index in [1.807, 2.05) is 37.3 Å². The van der Waals surface area contributed by atoms with Gasteiger partial charge in [0.25, 0.3) is 0 Å². The van der Waals surface area contributed by atoms with Crippen LogP contribution in [0.15, 0.2) is 30.3 Å². The summed E-state index contributed by atoms with van der Waals surface area (Å²) >= 11 is 0. The Hall–Kier alpha value is -1.34. The monoisotopic (exact) mass is 385 g/mol. The molecule has 0 spiro atoms. The number of halogens is 1. The van der Waals surface area contributed by atoms with Crippen molar-refractivity contribution in [1.29, 1.82) is 0 Å². The molecule has 7 heteroatoms. The third kappa shape index (κ3) is 5.58. The van der Waals surface area contributed by atoms with Crippen LogP contribution in [0.4, 0.5) is 0 Å². The molecule has 1 saturated carbocycles. The van der Waals surface area contributed by atoms with Gasteiger partial charge in [-0.2, -0.15) is 0 Å². The standard InChI is InChI=1S/C19H27NO5.ClH/c1-13-18(25-15-7-3-2-4-8-15)17(24-14-9-5-6-10-14)12-22-11-16(20)19(21)23-13;/h2-4,7-8,13-14,16-18H,5-6,9-12,20H2,1H3;1H/t13-,16-,17-,18-;/m0./s1. The molecular weight excluding hydrogens is 358 g/mol. The van der Waals surface area contributed by atoms with Gasteiger partial charge in [-0.3, -0.25) is 0 Å². The van der Waals surface area contributed by atoms with Crippen LogP contribution in [0.5, 0.6) is 5.75 Å². The average Bonchev–Trinajstić information content (AvgIpc) is 3.12. The van der Waals surface area contributed by atoms with Crippen molar-refractivity contribution in [1.82, 2.24) is 0 Å². The molecule has 1 aliphatic heterocycles. The van der Waals surface area contributed by atoms with E-state index in [2.05, 4.69) is 5.73 Å². The predicted molar refractivity (Wildman–Crippen MR) is 91.0 cm³/mol. The summed E-state index contributed by atoms with van der Waals surface area (Å²) in [7, 11) is 0. The lowest BCUT2D eigenvalue weighted by Gasteiger charge is -2.32. The molecule has 2 aliphatic rings. The molecule has 0 unspecified atom stereocenters. The third-order valence-electron chi connectivity index (χ3n) is 4.75. The van der Waals surface area contributed by atoms with Crippen molar-refractivity contribution in [3.05, 3.63) is 30.3 Å². The van der Waals surface area contributed by atoms with E-state index in [1.54, 1.807) is 0 Å². The Labute approximate surface area is 160 Å². The number of cyclic esters (lactones) is 1. The van der Waals surface area contributed by atoms with Crippen LogP contribution in [0.2, 0.25) is 0 Å². The topological polar surface area (TPSA) is 81.6 Å². The molecule has 26 heavy (non-hydrogen) atoms. The van der Waals surface area contributed by atoms with Crippen molar-refractivity contribution in [2.75, 3.05) is 13.2 Å². The van der Waals surface area contributed by atoms with E-state index in [0.29, 0.717) is 6.61 Å². The highest BCUT2D eigenvalue weighted by molar-refractivity contribution is 5.74. The van der Waals surface area contributed by atoms with Crippen molar-refractivity contribution in [2.24, 2.45) is 0 Å². The summed E-state index contributed by atoms with van der Waals surface area (Å²) in [5.74, 6) is 0.358. The second-order valence-electron chi connectivity index (χ2n) is 6.85. The third-order valence-corrected chi connectivity index (χ3v) is 4.75. The second-order valence-corrected chi connectivity index (χ2v) is 6.85. The summed E-state index contributed by atoms with van der Waals surface area (Å²) in [5, 5.41) is 0. The highest BCUT2D eigenvalue weighted by atomic mass is 35.5. The van der Waals surface area contributed by atoms with Crippen molar-refractivity contribution in [3.8, 4) is 5.75 Å². The second kappa shape index (κ2) is 10.1. The minimum atomic E-state index is -0.537. The number of carbonyl (C=O) groups excluding carboxylic acids is 1. The van der Waals surface area contributed by atoms with E-state index in [0.717, 1.165) is 18.6 Å². The molecule has 0 bridgehead atoms. The predicted octanol–water partition coefficient (Wildman–Crippen LogP) is -1.66. The minimum Gasteiger partial charge on any atom is -1.00 e. The van der Waals surface area contributed by atoms with E-state index in [-0.39, 0.29) is 37.2 Å². The van der Waals surface area contributed by atoms with Gasteiger partial charge in [0.05, 0.1) is 12.7 Å². The maximum absolute atomic E-state index is 12.1. The van der Waals surface area contributed by atoms with Crippen LogP contribution in [0.1, 0.15) is 32.6 Å². The fourth-order valence-corrected chi connectivity index (χ4v) is 3.35. The minimum absolute atomic E-state index is 0. The Morgan fingerprint density at radius 3 is 2.50 bits per heavy atom. The summed E-state index contributed by atoms with van der Waals surface area (Å²) in [6.07, 6.45) is 3.52. The first-order chi connectivity index (χ1) is 12.1. The lowest BCUT2D eigenvalue weighted by Crippen LogP contribution is -3.00. The first-order valence-corrected chi connectivity index (χ1v) is 9.12. The number of hydrogen-bond acceptors (Lipinski definition) is 5. The van der Waals surface area contributed by atoms with Gasteiger partial charge in [0.2, 0.25) is 6.04 Å². The fraction of sp³-hybridized carbons (Fsp3) is 0.632. The number of hydrogen-bond donors (Lipinski definition) is 1. The van der Waals surface area contributed by atoms with Gasteiger partial charge in [0, 0.05) is 0 Å². The van der Waals surface area contributed by atoms with Gasteiger partial charge in [0.15, 0.2) is 6.10 Å². The van der Waals surface area contributed by atoms with Crippen molar-refractivity contribution in [2.45, 2.75) is 63.1 Å². The molecule has 3 N–H and O–H groups in total. The van der Waals surface area contributed by atoms with Gasteiger partial charge in [-0.1, -0.05) is 31.0 Å². The number of rotatable bonds is 4. The number of carbonyl (C=O) groups is 1. The number of para-hydroxylation sites is 1. The van der Waals surface area contributed by atoms with Gasteiger partial charge in [-0.05, 0) is 31.9 Å². The quantitative estimate of drug-likeness (QED) is 0.627. The first-order valence-electron chi connectivity index (χ1n) is 9.12. The molecule has 6 nitrogen and oxygen atoms in total. The summed E-state index contributed by atoms with van der Waals surface area (Å²) in [4.78, 5) is 12.1. The van der Waals surface area contributed by atoms with E-state index < -0.39 is 18.2 Å². The van der Waals surface area contributed by atoms with Crippen molar-refractivity contribution < 1.29 is 41.9 Å². The van der Waals surface area contributed by atoms with Crippen molar-refractivity contribution in [3.63, 3.8) is 0 Å². The molecule has 0 radical (unpaired) electrons. The maximum atomic E-state index is 12.1. The van der Waals surface area contributed by atoms with Gasteiger partial charge < -0.3 is 37.1 Å². The zero-order chi connectivity index (χ0) is 17.6. The number of quaternary nitrogens is 1. The molecule has 1 saturated heterocycles. The zero-order valence-corrected chi connectivity index (χ0v) is 15.9. The zero-order valence-electron chi connectivity index (χ0n) is 15.1. The van der Waals surface area contributed by atoms with Gasteiger partial charge in [-0.25, -0.2) is 4.79 Å². The van der Waals surface area contributed by atoms with E-state index in [1.165, 1.54) is 12.8 Å². The van der Waals surface area contributed by atoms with Crippen LogP contribution in [0.25, 0.3) is 0 Å². The lowest BCUT2D eigenvalue weighted by atomic mass is 10.1. The SMILES string of the molecule is C[C@@H]1OC(=O)[C@@H]([NH3+])COC[C@H](OC2CCCC2)[C@H]1Oc1ccccc1.[Cl-]. The summed E-state index contributed by atoms with van der Waals surface area (Å²) < 4.78 is 23.8. The largest absolute Gasteiger partial charge is 1.00 e. The van der Waals surface area contributed by atoms with E-state index >= 15 is 0 Å². The molecule has 0 aromatic heterocycles. The normalized spacial score (nSPS) is 30.5. The van der Waals surface area contributed by atoms with Crippen molar-refractivity contribution >= 4 is 5.97 Å². The molecule has 2 fully saturated rings. The molecular formula is C19H28ClNO5. The Bertz CT molecular complexity index is 552. The van der Waals surface area contributed by atoms with Crippen LogP contribution >= 0.6 is 0 Å². The summed E-state index contributed by atoms with van der Waals surface area (Å²) in [5.41, 5.74) is 3.81. The van der Waals surface area contributed by atoms with Crippen LogP contribution < -0.4 is 22.9 Å². The lowest BCUT2D eigenvalue weighted by molar-refractivity contribution is -0.415. The van der Waals surface area contributed by atoms with E-state index in [4.69, 9.17) is 18.9 Å². The first kappa shape index (κ1) is 21.0. The molecule has 1 aromatic carbocycles. The number of ether oxygens (including phenoxy) is 4. The maximum Gasteiger partial charge on any atom is 0.367 e. The summed E-state index contributed by atoms with van der Waals surface area (Å²) in [6.45, 7) is 2.43. The highest BCUT2D eigenvalue weighted by Crippen LogP contribution is 2.26. The summed E-state index contributed by atoms with van der Waals surface area (Å²) in [6, 6.07) is 9.00. The molecule has 146 valence electrons. The van der Waals surface area contributed by atoms with Crippen LogP contribution in [-0.2, 0) is 19.0 Å². The van der Waals surface area contributed by atoms with E-state index in [9.17, 15) is 4.79 Å². The Morgan fingerprint density at radius 1 is 1.12 bits per heavy atom. The Morgan fingerprint density at radius 2 is 1.81 bits per heavy atom. The number of esters is 1.